The molecule has 3 amide bonds. The largest absolute Gasteiger partial charge is 0.419 e. The number of rotatable bonds is 5. The molecule has 0 saturated carbocycles. The minimum Gasteiger partial charge on any atom is -0.406 e. The predicted octanol–water partition coefficient (Wildman–Crippen LogP) is 4.00. The van der Waals surface area contributed by atoms with Crippen LogP contribution in [0.5, 0.6) is 5.75 Å². The molecule has 1 heterocycles. The quantitative estimate of drug-likeness (QED) is 0.760. The number of benzene rings is 2. The lowest BCUT2D eigenvalue weighted by molar-refractivity contribution is 0.199. The van der Waals surface area contributed by atoms with E-state index in [-0.39, 0.29) is 40.7 Å². The zero-order valence-electron chi connectivity index (χ0n) is 15.4. The maximum atomic E-state index is 13.1. The number of carbonyl (C=O) groups is 2. The van der Waals surface area contributed by atoms with E-state index in [1.165, 1.54) is 58.1 Å². The number of amides is 3. The van der Waals surface area contributed by atoms with Gasteiger partial charge in [0.15, 0.2) is 5.75 Å². The van der Waals surface area contributed by atoms with Gasteiger partial charge in [-0.05, 0) is 36.4 Å². The van der Waals surface area contributed by atoms with E-state index >= 15 is 0 Å². The first-order valence-electron chi connectivity index (χ1n) is 8.69. The minimum atomic E-state index is -0.777. The van der Waals surface area contributed by atoms with Crippen molar-refractivity contribution >= 4 is 46.7 Å². The zero-order valence-corrected chi connectivity index (χ0v) is 17.0. The number of β-amino-alcohol motifs (C(OH)–C–C–N with tert-alkyl or cyclic N) is 1. The molecule has 1 fully saturated rings. The number of anilines is 2. The van der Waals surface area contributed by atoms with Crippen LogP contribution in [0.15, 0.2) is 36.4 Å². The molecule has 7 nitrogen and oxygen atoms in total. The van der Waals surface area contributed by atoms with E-state index in [4.69, 9.17) is 33.0 Å². The van der Waals surface area contributed by atoms with Crippen LogP contribution in [0.3, 0.4) is 0 Å². The van der Waals surface area contributed by atoms with E-state index in [1.807, 2.05) is 0 Å². The van der Waals surface area contributed by atoms with E-state index in [9.17, 15) is 14.0 Å². The summed E-state index contributed by atoms with van der Waals surface area (Å²) in [6.45, 7) is 0.729. The zero-order chi connectivity index (χ0) is 21.1. The van der Waals surface area contributed by atoms with Crippen molar-refractivity contribution in [1.29, 1.82) is 0 Å². The highest BCUT2D eigenvalue weighted by atomic mass is 35.5. The second-order valence-corrected chi connectivity index (χ2v) is 7.13. The van der Waals surface area contributed by atoms with Crippen LogP contribution in [0.1, 0.15) is 0 Å². The van der Waals surface area contributed by atoms with Gasteiger partial charge in [-0.2, -0.15) is 0 Å². The lowest BCUT2D eigenvalue weighted by Gasteiger charge is -2.23. The number of nitrogens with zero attached hydrogens (tertiary/aromatic N) is 3. The summed E-state index contributed by atoms with van der Waals surface area (Å²) in [7, 11) is 1.46. The van der Waals surface area contributed by atoms with Gasteiger partial charge in [0.05, 0.1) is 17.3 Å². The van der Waals surface area contributed by atoms with Crippen molar-refractivity contribution in [2.24, 2.45) is 0 Å². The van der Waals surface area contributed by atoms with Crippen molar-refractivity contribution in [1.82, 2.24) is 4.90 Å². The molecule has 29 heavy (non-hydrogen) atoms. The van der Waals surface area contributed by atoms with Crippen LogP contribution in [0.4, 0.5) is 25.4 Å². The summed E-state index contributed by atoms with van der Waals surface area (Å²) in [5.74, 6) is -0.451. The predicted molar refractivity (Wildman–Crippen MR) is 109 cm³/mol. The first kappa shape index (κ1) is 21.2. The Morgan fingerprint density at radius 2 is 1.93 bits per heavy atom. The fraction of sp³-hybridized carbons (Fsp3) is 0.263. The molecule has 1 N–H and O–H groups in total. The van der Waals surface area contributed by atoms with E-state index < -0.39 is 11.9 Å². The molecule has 154 valence electrons. The Labute approximate surface area is 176 Å². The van der Waals surface area contributed by atoms with Crippen molar-refractivity contribution in [3.05, 3.63) is 52.3 Å². The summed E-state index contributed by atoms with van der Waals surface area (Å²) in [5.41, 5.74) is 0.656. The highest BCUT2D eigenvalue weighted by Crippen LogP contribution is 2.40. The highest BCUT2D eigenvalue weighted by molar-refractivity contribution is 6.36. The monoisotopic (exact) mass is 441 g/mol. The van der Waals surface area contributed by atoms with Gasteiger partial charge in [0.25, 0.3) is 0 Å². The first-order chi connectivity index (χ1) is 13.8. The van der Waals surface area contributed by atoms with Gasteiger partial charge in [0.2, 0.25) is 0 Å². The molecule has 3 rings (SSSR count). The summed E-state index contributed by atoms with van der Waals surface area (Å²) >= 11 is 12.3. The second-order valence-electron chi connectivity index (χ2n) is 6.28. The Kier molecular flexibility index (Phi) is 6.46. The molecule has 0 unspecified atom stereocenters. The summed E-state index contributed by atoms with van der Waals surface area (Å²) in [5, 5.41) is 9.42. The van der Waals surface area contributed by atoms with E-state index in [0.29, 0.717) is 18.8 Å². The third-order valence-corrected chi connectivity index (χ3v) is 4.92. The van der Waals surface area contributed by atoms with Crippen molar-refractivity contribution in [3.8, 4) is 5.75 Å². The molecule has 0 radical (unpaired) electrons. The lowest BCUT2D eigenvalue weighted by Crippen LogP contribution is -2.34. The highest BCUT2D eigenvalue weighted by Gasteiger charge is 2.33. The van der Waals surface area contributed by atoms with Gasteiger partial charge in [-0.25, -0.2) is 14.0 Å². The van der Waals surface area contributed by atoms with E-state index in [2.05, 4.69) is 0 Å². The molecule has 2 aromatic carbocycles. The number of ether oxygens (including phenoxy) is 1. The first-order valence-corrected chi connectivity index (χ1v) is 9.45. The molecular formula is C19H18Cl2FN3O4. The molecule has 0 aliphatic carbocycles. The maximum Gasteiger partial charge on any atom is 0.419 e. The van der Waals surface area contributed by atoms with Crippen LogP contribution in [0.2, 0.25) is 10.0 Å². The van der Waals surface area contributed by atoms with Gasteiger partial charge in [-0.3, -0.25) is 9.80 Å². The van der Waals surface area contributed by atoms with Crippen LogP contribution >= 0.6 is 23.2 Å². The van der Waals surface area contributed by atoms with Gasteiger partial charge in [-0.15, -0.1) is 0 Å². The van der Waals surface area contributed by atoms with Crippen LogP contribution in [-0.4, -0.2) is 55.4 Å². The Balaban J connectivity index is 1.88. The number of hydrogen-bond acceptors (Lipinski definition) is 4. The van der Waals surface area contributed by atoms with Crippen LogP contribution in [0, 0.1) is 5.82 Å². The Morgan fingerprint density at radius 1 is 1.24 bits per heavy atom. The summed E-state index contributed by atoms with van der Waals surface area (Å²) in [6, 6.07) is 7.82. The molecule has 0 spiro atoms. The molecule has 0 atom stereocenters. The van der Waals surface area contributed by atoms with Gasteiger partial charge in [0, 0.05) is 37.4 Å². The van der Waals surface area contributed by atoms with Crippen molar-refractivity contribution in [2.45, 2.75) is 0 Å². The smallest absolute Gasteiger partial charge is 0.406 e. The fourth-order valence-corrected chi connectivity index (χ4v) is 3.43. The molecule has 2 aromatic rings. The second kappa shape index (κ2) is 8.86. The molecule has 1 aliphatic rings. The molecule has 1 aliphatic heterocycles. The third-order valence-electron chi connectivity index (χ3n) is 4.42. The summed E-state index contributed by atoms with van der Waals surface area (Å²) in [4.78, 5) is 29.3. The summed E-state index contributed by atoms with van der Waals surface area (Å²) < 4.78 is 18.6. The maximum absolute atomic E-state index is 13.1. The molecule has 0 bridgehead atoms. The molecule has 0 aromatic heterocycles. The molecule has 1 saturated heterocycles. The van der Waals surface area contributed by atoms with Gasteiger partial charge < -0.3 is 14.7 Å². The van der Waals surface area contributed by atoms with Crippen LogP contribution in [0.25, 0.3) is 0 Å². The van der Waals surface area contributed by atoms with Crippen molar-refractivity contribution in [3.63, 3.8) is 0 Å². The van der Waals surface area contributed by atoms with E-state index in [1.54, 1.807) is 0 Å². The van der Waals surface area contributed by atoms with Gasteiger partial charge in [-0.1, -0.05) is 23.2 Å². The molecular weight excluding hydrogens is 424 g/mol. The Bertz CT molecular complexity index is 926. The number of halogens is 3. The van der Waals surface area contributed by atoms with Gasteiger partial charge >= 0.3 is 12.1 Å². The van der Waals surface area contributed by atoms with Crippen molar-refractivity contribution in [2.75, 3.05) is 43.1 Å². The van der Waals surface area contributed by atoms with Gasteiger partial charge in [0.1, 0.15) is 5.82 Å². The fourth-order valence-electron chi connectivity index (χ4n) is 2.91. The topological polar surface area (TPSA) is 73.3 Å². The summed E-state index contributed by atoms with van der Waals surface area (Å²) in [6.07, 6.45) is -0.777. The van der Waals surface area contributed by atoms with E-state index in [0.717, 1.165) is 0 Å². The lowest BCUT2D eigenvalue weighted by atomic mass is 10.2. The number of aliphatic hydroxyl groups is 1. The SMILES string of the molecule is CN(C(=O)Oc1c(Cl)cc(Cl)cc1N1CCN(CCO)C1=O)c1ccc(F)cc1. The van der Waals surface area contributed by atoms with Crippen LogP contribution < -0.4 is 14.5 Å². The number of urea groups is 1. The number of aliphatic hydroxyl groups excluding tert-OH is 1. The molecule has 10 heteroatoms. The number of hydrogen-bond donors (Lipinski definition) is 1. The van der Waals surface area contributed by atoms with Crippen LogP contribution in [-0.2, 0) is 0 Å². The standard InChI is InChI=1S/C19H18Cl2FN3O4/c1-23(14-4-2-13(22)3-5-14)19(28)29-17-15(21)10-12(20)11-16(17)25-7-6-24(8-9-26)18(25)27/h2-5,10-11,26H,6-9H2,1H3. The number of carbonyl (C=O) groups excluding carboxylic acids is 2. The Hall–Kier alpha value is -2.55. The average Bonchev–Trinajstić information content (AvgIpc) is 3.04. The van der Waals surface area contributed by atoms with Crippen molar-refractivity contribution < 1.29 is 23.8 Å². The minimum absolute atomic E-state index is 0.0192. The Morgan fingerprint density at radius 3 is 2.59 bits per heavy atom. The third kappa shape index (κ3) is 4.55. The average molecular weight is 442 g/mol. The normalized spacial score (nSPS) is 13.8.